The number of rotatable bonds is 8. The summed E-state index contributed by atoms with van der Waals surface area (Å²) in [7, 11) is 0. The van der Waals surface area contributed by atoms with E-state index in [-0.39, 0.29) is 17.7 Å². The molecule has 0 bridgehead atoms. The van der Waals surface area contributed by atoms with Gasteiger partial charge in [0.05, 0.1) is 0 Å². The summed E-state index contributed by atoms with van der Waals surface area (Å²) in [5.41, 5.74) is 10.2. The highest BCUT2D eigenvalue weighted by atomic mass is 16.1. The molecule has 1 atom stereocenters. The number of hydrogen-bond acceptors (Lipinski definition) is 2. The quantitative estimate of drug-likeness (QED) is 0.610. The summed E-state index contributed by atoms with van der Waals surface area (Å²) in [4.78, 5) is 21.5. The maximum atomic E-state index is 11.0. The van der Waals surface area contributed by atoms with Crippen molar-refractivity contribution >= 4 is 11.8 Å². The maximum absolute atomic E-state index is 11.0. The average molecular weight is 200 g/mol. The number of nitrogens with two attached hydrogens (primary N) is 2. The Bertz CT molecular complexity index is 193. The van der Waals surface area contributed by atoms with Crippen LogP contribution in [0.25, 0.3) is 0 Å². The molecule has 0 aliphatic rings. The monoisotopic (exact) mass is 200 g/mol. The second kappa shape index (κ2) is 7.35. The molecule has 0 aromatic rings. The van der Waals surface area contributed by atoms with E-state index in [1.54, 1.807) is 0 Å². The Morgan fingerprint density at radius 2 is 1.71 bits per heavy atom. The van der Waals surface area contributed by atoms with Gasteiger partial charge in [0, 0.05) is 12.3 Å². The van der Waals surface area contributed by atoms with Crippen LogP contribution in [0, 0.1) is 5.92 Å². The van der Waals surface area contributed by atoms with Crippen LogP contribution in [0.4, 0.5) is 0 Å². The molecule has 0 saturated heterocycles. The molecule has 0 spiro atoms. The fourth-order valence-electron chi connectivity index (χ4n) is 1.40. The molecule has 0 aliphatic carbocycles. The van der Waals surface area contributed by atoms with E-state index in [1.165, 1.54) is 0 Å². The summed E-state index contributed by atoms with van der Waals surface area (Å²) in [6.45, 7) is 2.07. The largest absolute Gasteiger partial charge is 0.370 e. The molecule has 2 amide bonds. The van der Waals surface area contributed by atoms with Gasteiger partial charge in [0.15, 0.2) is 0 Å². The molecule has 0 heterocycles. The Labute approximate surface area is 85.0 Å². The number of primary amides is 2. The van der Waals surface area contributed by atoms with E-state index >= 15 is 0 Å². The van der Waals surface area contributed by atoms with Crippen LogP contribution in [0.5, 0.6) is 0 Å². The number of carbonyl (C=O) groups is 2. The van der Waals surface area contributed by atoms with Crippen LogP contribution >= 0.6 is 0 Å². The molecule has 1 unspecified atom stereocenters. The predicted molar refractivity (Wildman–Crippen MR) is 55.3 cm³/mol. The standard InChI is InChI=1S/C10H20N2O2/c1-2-3-5-8(10(12)14)6-4-7-9(11)13/h8H,2-7H2,1H3,(H2,11,13)(H2,12,14). The van der Waals surface area contributed by atoms with Crippen LogP contribution in [0.15, 0.2) is 0 Å². The van der Waals surface area contributed by atoms with Crippen molar-refractivity contribution in [3.63, 3.8) is 0 Å². The van der Waals surface area contributed by atoms with Crippen molar-refractivity contribution in [2.45, 2.75) is 45.4 Å². The average Bonchev–Trinajstić information content (AvgIpc) is 2.09. The second-order valence-electron chi connectivity index (χ2n) is 3.60. The third-order valence-electron chi connectivity index (χ3n) is 2.28. The summed E-state index contributed by atoms with van der Waals surface area (Å²) in [6, 6.07) is 0. The zero-order chi connectivity index (χ0) is 11.0. The van der Waals surface area contributed by atoms with Crippen molar-refractivity contribution in [1.82, 2.24) is 0 Å². The van der Waals surface area contributed by atoms with E-state index in [2.05, 4.69) is 6.92 Å². The van der Waals surface area contributed by atoms with Gasteiger partial charge in [-0.05, 0) is 19.3 Å². The minimum atomic E-state index is -0.316. The van der Waals surface area contributed by atoms with Gasteiger partial charge in [0.2, 0.25) is 11.8 Å². The first-order valence-electron chi connectivity index (χ1n) is 5.15. The number of amides is 2. The maximum Gasteiger partial charge on any atom is 0.220 e. The van der Waals surface area contributed by atoms with Crippen molar-refractivity contribution in [1.29, 1.82) is 0 Å². The SMILES string of the molecule is CCCCC(CCCC(N)=O)C(N)=O. The van der Waals surface area contributed by atoms with Gasteiger partial charge < -0.3 is 11.5 Å². The predicted octanol–water partition coefficient (Wildman–Crippen LogP) is 0.934. The molecule has 4 heteroatoms. The molecule has 0 saturated carbocycles. The summed E-state index contributed by atoms with van der Waals surface area (Å²) < 4.78 is 0. The van der Waals surface area contributed by atoms with Crippen molar-refractivity contribution in [2.24, 2.45) is 17.4 Å². The first-order valence-corrected chi connectivity index (χ1v) is 5.15. The third-order valence-corrected chi connectivity index (χ3v) is 2.28. The smallest absolute Gasteiger partial charge is 0.220 e. The molecule has 0 rings (SSSR count). The van der Waals surface area contributed by atoms with E-state index in [1.807, 2.05) is 0 Å². The van der Waals surface area contributed by atoms with Gasteiger partial charge in [-0.25, -0.2) is 0 Å². The first-order chi connectivity index (χ1) is 6.57. The van der Waals surface area contributed by atoms with Crippen molar-refractivity contribution in [3.05, 3.63) is 0 Å². The Hall–Kier alpha value is -1.06. The molecule has 4 nitrogen and oxygen atoms in total. The van der Waals surface area contributed by atoms with Gasteiger partial charge in [-0.15, -0.1) is 0 Å². The van der Waals surface area contributed by atoms with E-state index in [0.29, 0.717) is 19.3 Å². The van der Waals surface area contributed by atoms with E-state index in [0.717, 1.165) is 19.3 Å². The molecule has 0 fully saturated rings. The molecule has 0 aromatic carbocycles. The molecular formula is C10H20N2O2. The van der Waals surface area contributed by atoms with Crippen LogP contribution in [-0.4, -0.2) is 11.8 Å². The minimum absolute atomic E-state index is 0.0886. The molecule has 0 radical (unpaired) electrons. The zero-order valence-electron chi connectivity index (χ0n) is 8.79. The Balaban J connectivity index is 3.73. The molecule has 82 valence electrons. The van der Waals surface area contributed by atoms with E-state index < -0.39 is 0 Å². The van der Waals surface area contributed by atoms with Gasteiger partial charge in [0.1, 0.15) is 0 Å². The van der Waals surface area contributed by atoms with Crippen molar-refractivity contribution < 1.29 is 9.59 Å². The molecule has 14 heavy (non-hydrogen) atoms. The normalized spacial score (nSPS) is 12.4. The van der Waals surface area contributed by atoms with Crippen molar-refractivity contribution in [3.8, 4) is 0 Å². The highest BCUT2D eigenvalue weighted by molar-refractivity contribution is 5.77. The van der Waals surface area contributed by atoms with Gasteiger partial charge >= 0.3 is 0 Å². The fourth-order valence-corrected chi connectivity index (χ4v) is 1.40. The van der Waals surface area contributed by atoms with Gasteiger partial charge in [0.25, 0.3) is 0 Å². The summed E-state index contributed by atoms with van der Waals surface area (Å²) in [5.74, 6) is -0.666. The number of hydrogen-bond donors (Lipinski definition) is 2. The van der Waals surface area contributed by atoms with Gasteiger partial charge in [-0.2, -0.15) is 0 Å². The van der Waals surface area contributed by atoms with Gasteiger partial charge in [-0.3, -0.25) is 9.59 Å². The Kier molecular flexibility index (Phi) is 6.80. The van der Waals surface area contributed by atoms with Crippen LogP contribution in [0.2, 0.25) is 0 Å². The van der Waals surface area contributed by atoms with Crippen molar-refractivity contribution in [2.75, 3.05) is 0 Å². The second-order valence-corrected chi connectivity index (χ2v) is 3.60. The topological polar surface area (TPSA) is 86.2 Å². The highest BCUT2D eigenvalue weighted by Gasteiger charge is 2.14. The van der Waals surface area contributed by atoms with Gasteiger partial charge in [-0.1, -0.05) is 19.8 Å². The molecular weight excluding hydrogens is 180 g/mol. The lowest BCUT2D eigenvalue weighted by Crippen LogP contribution is -2.23. The number of unbranched alkanes of at least 4 members (excludes halogenated alkanes) is 1. The lowest BCUT2D eigenvalue weighted by molar-refractivity contribution is -0.123. The Morgan fingerprint density at radius 1 is 1.14 bits per heavy atom. The summed E-state index contributed by atoms with van der Waals surface area (Å²) in [5, 5.41) is 0. The summed E-state index contributed by atoms with van der Waals surface area (Å²) in [6.07, 6.45) is 4.56. The third kappa shape index (κ3) is 6.46. The summed E-state index contributed by atoms with van der Waals surface area (Å²) >= 11 is 0. The lowest BCUT2D eigenvalue weighted by atomic mass is 9.95. The van der Waals surface area contributed by atoms with Crippen LogP contribution in [-0.2, 0) is 9.59 Å². The minimum Gasteiger partial charge on any atom is -0.370 e. The molecule has 4 N–H and O–H groups in total. The first kappa shape index (κ1) is 12.9. The Morgan fingerprint density at radius 3 is 2.14 bits per heavy atom. The van der Waals surface area contributed by atoms with Crippen LogP contribution in [0.1, 0.15) is 45.4 Å². The van der Waals surface area contributed by atoms with E-state index in [9.17, 15) is 9.59 Å². The highest BCUT2D eigenvalue weighted by Crippen LogP contribution is 2.15. The molecule has 0 aliphatic heterocycles. The molecule has 0 aromatic heterocycles. The van der Waals surface area contributed by atoms with E-state index in [4.69, 9.17) is 11.5 Å². The van der Waals surface area contributed by atoms with Crippen LogP contribution in [0.3, 0.4) is 0 Å². The number of carbonyl (C=O) groups excluding carboxylic acids is 2. The zero-order valence-corrected chi connectivity index (χ0v) is 8.79. The lowest BCUT2D eigenvalue weighted by Gasteiger charge is -2.11. The fraction of sp³-hybridized carbons (Fsp3) is 0.800. The van der Waals surface area contributed by atoms with Crippen LogP contribution < -0.4 is 11.5 Å².